The molecule has 5 heteroatoms. The Morgan fingerprint density at radius 3 is 2.67 bits per heavy atom. The minimum absolute atomic E-state index is 0.0774. The number of benzene rings is 1. The first-order chi connectivity index (χ1) is 10.0. The first-order valence-electron chi connectivity index (χ1n) is 7.20. The van der Waals surface area contributed by atoms with Crippen molar-refractivity contribution in [2.75, 3.05) is 18.8 Å². The van der Waals surface area contributed by atoms with Crippen LogP contribution in [0.25, 0.3) is 0 Å². The molecular weight excluding hydrogens is 286 g/mol. The Bertz CT molecular complexity index is 506. The molecule has 4 nitrogen and oxygen atoms in total. The Morgan fingerprint density at radius 1 is 1.33 bits per heavy atom. The molecule has 1 N–H and O–H groups in total. The van der Waals surface area contributed by atoms with Gasteiger partial charge in [-0.15, -0.1) is 11.8 Å². The van der Waals surface area contributed by atoms with Crippen molar-refractivity contribution in [2.24, 2.45) is 5.41 Å². The van der Waals surface area contributed by atoms with E-state index in [0.29, 0.717) is 25.9 Å². The van der Waals surface area contributed by atoms with E-state index in [2.05, 4.69) is 12.1 Å². The summed E-state index contributed by atoms with van der Waals surface area (Å²) in [5.74, 6) is 0.172. The van der Waals surface area contributed by atoms with Crippen LogP contribution < -0.4 is 0 Å². The molecule has 0 spiro atoms. The highest BCUT2D eigenvalue weighted by Crippen LogP contribution is 2.30. The second kappa shape index (κ2) is 6.98. The van der Waals surface area contributed by atoms with Gasteiger partial charge in [0.25, 0.3) is 0 Å². The van der Waals surface area contributed by atoms with E-state index in [1.807, 2.05) is 18.2 Å². The van der Waals surface area contributed by atoms with Gasteiger partial charge in [0, 0.05) is 24.4 Å². The highest BCUT2D eigenvalue weighted by molar-refractivity contribution is 7.99. The van der Waals surface area contributed by atoms with Crippen molar-refractivity contribution in [3.63, 3.8) is 0 Å². The van der Waals surface area contributed by atoms with Crippen LogP contribution in [0.2, 0.25) is 0 Å². The van der Waals surface area contributed by atoms with Gasteiger partial charge < -0.3 is 10.0 Å². The van der Waals surface area contributed by atoms with Gasteiger partial charge in [-0.25, -0.2) is 0 Å². The molecule has 1 fully saturated rings. The van der Waals surface area contributed by atoms with E-state index in [-0.39, 0.29) is 5.91 Å². The lowest BCUT2D eigenvalue weighted by atomic mass is 9.90. The summed E-state index contributed by atoms with van der Waals surface area (Å²) in [6.07, 6.45) is 1.86. The van der Waals surface area contributed by atoms with Crippen LogP contribution >= 0.6 is 11.8 Å². The summed E-state index contributed by atoms with van der Waals surface area (Å²) in [4.78, 5) is 26.2. The van der Waals surface area contributed by atoms with Gasteiger partial charge in [0.15, 0.2) is 0 Å². The molecule has 0 bridgehead atoms. The maximum Gasteiger partial charge on any atom is 0.311 e. The molecule has 1 heterocycles. The smallest absolute Gasteiger partial charge is 0.311 e. The number of amides is 1. The van der Waals surface area contributed by atoms with Crippen molar-refractivity contribution in [2.45, 2.75) is 31.1 Å². The molecule has 0 radical (unpaired) electrons. The lowest BCUT2D eigenvalue weighted by molar-refractivity contribution is -0.147. The molecule has 2 rings (SSSR count). The average molecular weight is 307 g/mol. The fourth-order valence-electron chi connectivity index (χ4n) is 2.44. The van der Waals surface area contributed by atoms with Crippen molar-refractivity contribution in [1.29, 1.82) is 0 Å². The standard InChI is InChI=1S/C16H21NO3S/c1-16(15(19)20)9-10-17(12-16)14(18)8-5-11-21-13-6-3-2-4-7-13/h2-4,6-7H,5,8-12H2,1H3,(H,19,20). The minimum Gasteiger partial charge on any atom is -0.481 e. The third kappa shape index (κ3) is 4.24. The third-order valence-corrected chi connectivity index (χ3v) is 4.99. The van der Waals surface area contributed by atoms with E-state index in [1.165, 1.54) is 4.90 Å². The van der Waals surface area contributed by atoms with E-state index in [9.17, 15) is 14.7 Å². The van der Waals surface area contributed by atoms with Crippen LogP contribution in [0.15, 0.2) is 35.2 Å². The number of hydrogen-bond acceptors (Lipinski definition) is 3. The van der Waals surface area contributed by atoms with Crippen LogP contribution in [0, 0.1) is 5.41 Å². The van der Waals surface area contributed by atoms with Crippen LogP contribution in [0.5, 0.6) is 0 Å². The molecule has 1 aliphatic rings. The summed E-state index contributed by atoms with van der Waals surface area (Å²) in [5, 5.41) is 9.17. The molecule has 0 aromatic heterocycles. The molecular formula is C16H21NO3S. The lowest BCUT2D eigenvalue weighted by Crippen LogP contribution is -2.34. The molecule has 114 valence electrons. The number of carboxylic acid groups (broad SMARTS) is 1. The van der Waals surface area contributed by atoms with E-state index in [1.54, 1.807) is 23.6 Å². The predicted octanol–water partition coefficient (Wildman–Crippen LogP) is 2.88. The summed E-state index contributed by atoms with van der Waals surface area (Å²) >= 11 is 1.74. The number of carbonyl (C=O) groups is 2. The number of aliphatic carboxylic acids is 1. The first-order valence-corrected chi connectivity index (χ1v) is 8.19. The minimum atomic E-state index is -0.808. The predicted molar refractivity (Wildman–Crippen MR) is 83.3 cm³/mol. The molecule has 1 amide bonds. The monoisotopic (exact) mass is 307 g/mol. The summed E-state index contributed by atoms with van der Waals surface area (Å²) in [5.41, 5.74) is -0.769. The fourth-order valence-corrected chi connectivity index (χ4v) is 3.31. The third-order valence-electron chi connectivity index (χ3n) is 3.89. The van der Waals surface area contributed by atoms with Gasteiger partial charge in [-0.1, -0.05) is 18.2 Å². The zero-order valence-corrected chi connectivity index (χ0v) is 13.1. The molecule has 0 aliphatic carbocycles. The largest absolute Gasteiger partial charge is 0.481 e. The Hall–Kier alpha value is -1.49. The number of thioether (sulfide) groups is 1. The van der Waals surface area contributed by atoms with Crippen LogP contribution in [-0.4, -0.2) is 40.7 Å². The molecule has 1 saturated heterocycles. The maximum absolute atomic E-state index is 12.1. The molecule has 21 heavy (non-hydrogen) atoms. The van der Waals surface area contributed by atoms with Crippen molar-refractivity contribution in [1.82, 2.24) is 4.90 Å². The summed E-state index contributed by atoms with van der Waals surface area (Å²) in [6.45, 7) is 2.62. The summed E-state index contributed by atoms with van der Waals surface area (Å²) in [7, 11) is 0. The van der Waals surface area contributed by atoms with Crippen LogP contribution in [0.3, 0.4) is 0 Å². The van der Waals surface area contributed by atoms with E-state index in [4.69, 9.17) is 0 Å². The maximum atomic E-state index is 12.1. The molecule has 1 aromatic carbocycles. The molecule has 1 atom stereocenters. The van der Waals surface area contributed by atoms with Gasteiger partial charge in [-0.2, -0.15) is 0 Å². The Labute approximate surface area is 129 Å². The molecule has 1 aliphatic heterocycles. The average Bonchev–Trinajstić information content (AvgIpc) is 2.89. The second-order valence-corrected chi connectivity index (χ2v) is 6.86. The van der Waals surface area contributed by atoms with E-state index >= 15 is 0 Å². The quantitative estimate of drug-likeness (QED) is 0.648. The van der Waals surface area contributed by atoms with Gasteiger partial charge in [-0.3, -0.25) is 9.59 Å². The molecule has 0 saturated carbocycles. The number of carbonyl (C=O) groups excluding carboxylic acids is 1. The topological polar surface area (TPSA) is 57.6 Å². The highest BCUT2D eigenvalue weighted by Gasteiger charge is 2.41. The van der Waals surface area contributed by atoms with Crippen molar-refractivity contribution in [3.05, 3.63) is 30.3 Å². The van der Waals surface area contributed by atoms with Gasteiger partial charge >= 0.3 is 5.97 Å². The summed E-state index contributed by atoms with van der Waals surface area (Å²) in [6, 6.07) is 10.1. The normalized spacial score (nSPS) is 21.5. The summed E-state index contributed by atoms with van der Waals surface area (Å²) < 4.78 is 0. The van der Waals surface area contributed by atoms with E-state index in [0.717, 1.165) is 12.2 Å². The van der Waals surface area contributed by atoms with Gasteiger partial charge in [0.2, 0.25) is 5.91 Å². The Kier molecular flexibility index (Phi) is 5.28. The Balaban J connectivity index is 1.70. The van der Waals surface area contributed by atoms with Crippen molar-refractivity contribution < 1.29 is 14.7 Å². The van der Waals surface area contributed by atoms with Gasteiger partial charge in [-0.05, 0) is 37.7 Å². The highest BCUT2D eigenvalue weighted by atomic mass is 32.2. The van der Waals surface area contributed by atoms with Crippen LogP contribution in [0.4, 0.5) is 0 Å². The first kappa shape index (κ1) is 15.9. The van der Waals surface area contributed by atoms with E-state index < -0.39 is 11.4 Å². The Morgan fingerprint density at radius 2 is 2.05 bits per heavy atom. The van der Waals surface area contributed by atoms with Crippen LogP contribution in [0.1, 0.15) is 26.2 Å². The number of likely N-dealkylation sites (tertiary alicyclic amines) is 1. The fraction of sp³-hybridized carbons (Fsp3) is 0.500. The van der Waals surface area contributed by atoms with Crippen molar-refractivity contribution in [3.8, 4) is 0 Å². The SMILES string of the molecule is CC1(C(=O)O)CCN(C(=O)CCCSc2ccccc2)C1. The number of nitrogens with zero attached hydrogens (tertiary/aromatic N) is 1. The number of hydrogen-bond donors (Lipinski definition) is 1. The zero-order valence-electron chi connectivity index (χ0n) is 12.2. The van der Waals surface area contributed by atoms with Crippen molar-refractivity contribution >= 4 is 23.6 Å². The molecule has 1 aromatic rings. The van der Waals surface area contributed by atoms with Gasteiger partial charge in [0.05, 0.1) is 5.41 Å². The number of rotatable bonds is 6. The zero-order chi connectivity index (χ0) is 15.3. The molecule has 1 unspecified atom stereocenters. The van der Waals surface area contributed by atoms with Gasteiger partial charge in [0.1, 0.15) is 0 Å². The second-order valence-electron chi connectivity index (χ2n) is 5.70. The lowest BCUT2D eigenvalue weighted by Gasteiger charge is -2.20. The van der Waals surface area contributed by atoms with Crippen LogP contribution in [-0.2, 0) is 9.59 Å². The number of carboxylic acids is 1.